The van der Waals surface area contributed by atoms with Gasteiger partial charge >= 0.3 is 0 Å². The molecule has 112 valence electrons. The highest BCUT2D eigenvalue weighted by atomic mass is 15.2. The minimum atomic E-state index is 0.748. The van der Waals surface area contributed by atoms with Gasteiger partial charge in [0.15, 0.2) is 0 Å². The Kier molecular flexibility index (Phi) is 5.30. The van der Waals surface area contributed by atoms with E-state index < -0.39 is 0 Å². The van der Waals surface area contributed by atoms with Gasteiger partial charge in [0.2, 0.25) is 0 Å². The lowest BCUT2D eigenvalue weighted by Gasteiger charge is -2.46. The molecule has 2 unspecified atom stereocenters. The first-order chi connectivity index (χ1) is 9.01. The molecule has 0 spiro atoms. The fourth-order valence-electron chi connectivity index (χ4n) is 3.56. The molecule has 2 aliphatic rings. The van der Waals surface area contributed by atoms with Crippen molar-refractivity contribution >= 4 is 0 Å². The first-order valence-electron chi connectivity index (χ1n) is 8.47. The molecule has 0 N–H and O–H groups in total. The molecule has 0 aromatic heterocycles. The van der Waals surface area contributed by atoms with Crippen LogP contribution in [0.2, 0.25) is 0 Å². The molecular formula is C17H34N2. The fraction of sp³-hybridized carbons (Fsp3) is 1.00. The Morgan fingerprint density at radius 1 is 0.842 bits per heavy atom. The average molecular weight is 266 g/mol. The molecule has 0 saturated carbocycles. The van der Waals surface area contributed by atoms with Gasteiger partial charge in [-0.3, -0.25) is 0 Å². The summed E-state index contributed by atoms with van der Waals surface area (Å²) in [6.45, 7) is 18.5. The lowest BCUT2D eigenvalue weighted by atomic mass is 9.78. The van der Waals surface area contributed by atoms with Crippen LogP contribution < -0.4 is 0 Å². The molecule has 0 radical (unpaired) electrons. The minimum Gasteiger partial charge on any atom is -0.303 e. The van der Waals surface area contributed by atoms with E-state index in [1.54, 1.807) is 0 Å². The topological polar surface area (TPSA) is 6.48 Å². The first kappa shape index (κ1) is 15.3. The highest BCUT2D eigenvalue weighted by Gasteiger charge is 2.34. The maximum Gasteiger partial charge on any atom is 0.00388 e. The van der Waals surface area contributed by atoms with E-state index in [0.717, 1.165) is 29.7 Å². The predicted molar refractivity (Wildman–Crippen MR) is 83.4 cm³/mol. The molecule has 2 atom stereocenters. The molecule has 0 aliphatic carbocycles. The van der Waals surface area contributed by atoms with Crippen molar-refractivity contribution in [3.8, 4) is 0 Å². The van der Waals surface area contributed by atoms with Crippen LogP contribution in [-0.4, -0.2) is 48.6 Å². The van der Waals surface area contributed by atoms with Crippen LogP contribution in [0.4, 0.5) is 0 Å². The van der Waals surface area contributed by atoms with Gasteiger partial charge < -0.3 is 9.80 Å². The van der Waals surface area contributed by atoms with Crippen molar-refractivity contribution in [1.29, 1.82) is 0 Å². The molecule has 0 aromatic rings. The Labute approximate surface area is 120 Å². The van der Waals surface area contributed by atoms with Crippen molar-refractivity contribution in [3.63, 3.8) is 0 Å². The molecular weight excluding hydrogens is 232 g/mol. The lowest BCUT2D eigenvalue weighted by molar-refractivity contribution is 0.0259. The van der Waals surface area contributed by atoms with Crippen LogP contribution >= 0.6 is 0 Å². The maximum absolute atomic E-state index is 2.61. The van der Waals surface area contributed by atoms with Gasteiger partial charge in [0.25, 0.3) is 0 Å². The van der Waals surface area contributed by atoms with E-state index in [4.69, 9.17) is 0 Å². The van der Waals surface area contributed by atoms with Gasteiger partial charge in [-0.05, 0) is 44.1 Å². The Bertz CT molecular complexity index is 264. The third-order valence-corrected chi connectivity index (χ3v) is 5.79. The van der Waals surface area contributed by atoms with Crippen LogP contribution in [0.5, 0.6) is 0 Å². The lowest BCUT2D eigenvalue weighted by Crippen LogP contribution is -2.52. The monoisotopic (exact) mass is 266 g/mol. The number of nitrogens with zero attached hydrogens (tertiary/aromatic N) is 2. The highest BCUT2D eigenvalue weighted by molar-refractivity contribution is 4.87. The van der Waals surface area contributed by atoms with Crippen LogP contribution in [0.1, 0.15) is 47.5 Å². The van der Waals surface area contributed by atoms with Gasteiger partial charge in [-0.15, -0.1) is 0 Å². The van der Waals surface area contributed by atoms with Crippen molar-refractivity contribution in [3.05, 3.63) is 0 Å². The van der Waals surface area contributed by atoms with Crippen LogP contribution in [-0.2, 0) is 0 Å². The summed E-state index contributed by atoms with van der Waals surface area (Å²) < 4.78 is 0. The molecule has 2 rings (SSSR count). The summed E-state index contributed by atoms with van der Waals surface area (Å²) in [5.74, 6) is 3.83. The van der Waals surface area contributed by atoms with E-state index >= 15 is 0 Å². The average Bonchev–Trinajstić information content (AvgIpc) is 2.22. The molecule has 0 bridgehead atoms. The van der Waals surface area contributed by atoms with E-state index in [0.29, 0.717) is 0 Å². The third-order valence-electron chi connectivity index (χ3n) is 5.79. The molecule has 0 amide bonds. The molecule has 2 saturated heterocycles. The summed E-state index contributed by atoms with van der Waals surface area (Å²) in [4.78, 5) is 5.17. The Morgan fingerprint density at radius 2 is 1.32 bits per heavy atom. The summed E-state index contributed by atoms with van der Waals surface area (Å²) in [7, 11) is 0. The summed E-state index contributed by atoms with van der Waals surface area (Å²) in [6.07, 6.45) is 2.89. The number of rotatable bonds is 7. The number of hydrogen-bond donors (Lipinski definition) is 0. The van der Waals surface area contributed by atoms with E-state index in [-0.39, 0.29) is 0 Å². The van der Waals surface area contributed by atoms with Gasteiger partial charge in [0.1, 0.15) is 0 Å². The van der Waals surface area contributed by atoms with Crippen molar-refractivity contribution in [2.75, 3.05) is 32.7 Å². The SMILES string of the molecule is CCN1CC(C(C)CCC(C)C2CN(C(C)C)C2)C1. The largest absolute Gasteiger partial charge is 0.303 e. The summed E-state index contributed by atoms with van der Waals surface area (Å²) in [5.41, 5.74) is 0. The van der Waals surface area contributed by atoms with E-state index in [2.05, 4.69) is 44.4 Å². The van der Waals surface area contributed by atoms with E-state index in [1.165, 1.54) is 45.6 Å². The Morgan fingerprint density at radius 3 is 1.74 bits per heavy atom. The highest BCUT2D eigenvalue weighted by Crippen LogP contribution is 2.32. The van der Waals surface area contributed by atoms with Crippen LogP contribution in [0.3, 0.4) is 0 Å². The van der Waals surface area contributed by atoms with Gasteiger partial charge in [0.05, 0.1) is 0 Å². The fourth-order valence-corrected chi connectivity index (χ4v) is 3.56. The van der Waals surface area contributed by atoms with Gasteiger partial charge in [0, 0.05) is 32.2 Å². The van der Waals surface area contributed by atoms with E-state index in [1.807, 2.05) is 0 Å². The van der Waals surface area contributed by atoms with Crippen molar-refractivity contribution in [1.82, 2.24) is 9.80 Å². The smallest absolute Gasteiger partial charge is 0.00388 e. The standard InChI is InChI=1S/C17H34N2/c1-6-18-9-16(10-18)14(4)7-8-15(5)17-11-19(12-17)13(2)3/h13-17H,6-12H2,1-5H3. The minimum absolute atomic E-state index is 0.748. The normalized spacial score (nSPS) is 26.2. The quantitative estimate of drug-likeness (QED) is 0.697. The van der Waals surface area contributed by atoms with Crippen LogP contribution in [0.25, 0.3) is 0 Å². The predicted octanol–water partition coefficient (Wildman–Crippen LogP) is 3.33. The third kappa shape index (κ3) is 3.72. The summed E-state index contributed by atoms with van der Waals surface area (Å²) >= 11 is 0. The van der Waals surface area contributed by atoms with Crippen molar-refractivity contribution < 1.29 is 0 Å². The first-order valence-corrected chi connectivity index (χ1v) is 8.47. The second kappa shape index (κ2) is 6.58. The molecule has 19 heavy (non-hydrogen) atoms. The van der Waals surface area contributed by atoms with E-state index in [9.17, 15) is 0 Å². The summed E-state index contributed by atoms with van der Waals surface area (Å²) in [6, 6.07) is 0.748. The maximum atomic E-state index is 2.61. The van der Waals surface area contributed by atoms with Crippen molar-refractivity contribution in [2.24, 2.45) is 23.7 Å². The summed E-state index contributed by atoms with van der Waals surface area (Å²) in [5, 5.41) is 0. The van der Waals surface area contributed by atoms with Gasteiger partial charge in [-0.2, -0.15) is 0 Å². The zero-order valence-corrected chi connectivity index (χ0v) is 13.7. The molecule has 2 heterocycles. The van der Waals surface area contributed by atoms with Gasteiger partial charge in [-0.1, -0.05) is 33.6 Å². The van der Waals surface area contributed by atoms with Crippen molar-refractivity contribution in [2.45, 2.75) is 53.5 Å². The molecule has 0 aromatic carbocycles. The molecule has 2 heteroatoms. The van der Waals surface area contributed by atoms with Gasteiger partial charge in [-0.25, -0.2) is 0 Å². The molecule has 2 aliphatic heterocycles. The van der Waals surface area contributed by atoms with Crippen LogP contribution in [0.15, 0.2) is 0 Å². The number of hydrogen-bond acceptors (Lipinski definition) is 2. The zero-order valence-electron chi connectivity index (χ0n) is 13.7. The second-order valence-electron chi connectivity index (χ2n) is 7.45. The number of likely N-dealkylation sites (tertiary alicyclic amines) is 2. The Hall–Kier alpha value is -0.0800. The second-order valence-corrected chi connectivity index (χ2v) is 7.45. The van der Waals surface area contributed by atoms with Crippen LogP contribution in [0, 0.1) is 23.7 Å². The Balaban J connectivity index is 1.58. The zero-order chi connectivity index (χ0) is 14.0. The molecule has 2 nitrogen and oxygen atoms in total. The molecule has 2 fully saturated rings.